The van der Waals surface area contributed by atoms with Crippen LogP contribution in [0.15, 0.2) is 18.2 Å². The van der Waals surface area contributed by atoms with E-state index in [2.05, 4.69) is 0 Å². The number of rotatable bonds is 8. The first kappa shape index (κ1) is 15.8. The zero-order valence-electron chi connectivity index (χ0n) is 10.4. The summed E-state index contributed by atoms with van der Waals surface area (Å²) in [6, 6.07) is 3.53. The quantitative estimate of drug-likeness (QED) is 0.747. The monoisotopic (exact) mass is 293 g/mol. The maximum absolute atomic E-state index is 13.2. The molecule has 0 aliphatic carbocycles. The van der Waals surface area contributed by atoms with Crippen LogP contribution in [-0.4, -0.2) is 20.8 Å². The van der Waals surface area contributed by atoms with E-state index in [1.807, 2.05) is 0 Å². The van der Waals surface area contributed by atoms with Crippen LogP contribution in [0.5, 0.6) is 5.75 Å². The summed E-state index contributed by atoms with van der Waals surface area (Å²) in [5.41, 5.74) is 0. The van der Waals surface area contributed by atoms with Crippen LogP contribution in [0.3, 0.4) is 0 Å². The molecule has 2 N–H and O–H groups in total. The Morgan fingerprint density at radius 2 is 1.63 bits per heavy atom. The summed E-state index contributed by atoms with van der Waals surface area (Å²) in [6.07, 6.45) is 2.47. The van der Waals surface area contributed by atoms with Gasteiger partial charge in [0.1, 0.15) is 0 Å². The Morgan fingerprint density at radius 1 is 1.05 bits per heavy atom. The molecular formula is C12H17F2NO3S. The van der Waals surface area contributed by atoms with Crippen LogP contribution in [0.25, 0.3) is 0 Å². The average molecular weight is 293 g/mol. The number of sulfonamides is 1. The molecule has 0 amide bonds. The van der Waals surface area contributed by atoms with Crippen molar-refractivity contribution in [2.75, 3.05) is 12.4 Å². The van der Waals surface area contributed by atoms with E-state index in [9.17, 15) is 17.2 Å². The molecule has 1 aromatic carbocycles. The number of primary sulfonamides is 1. The Morgan fingerprint density at radius 3 is 2.21 bits per heavy atom. The molecule has 1 aromatic rings. The molecule has 0 saturated carbocycles. The van der Waals surface area contributed by atoms with Crippen LogP contribution < -0.4 is 9.88 Å². The third kappa shape index (κ3) is 6.49. The molecule has 108 valence electrons. The minimum atomic E-state index is -3.40. The third-order valence-corrected chi connectivity index (χ3v) is 3.35. The second-order valence-electron chi connectivity index (χ2n) is 4.18. The lowest BCUT2D eigenvalue weighted by atomic mass is 10.2. The molecule has 0 fully saturated rings. The van der Waals surface area contributed by atoms with Crippen molar-refractivity contribution in [3.05, 3.63) is 29.8 Å². The topological polar surface area (TPSA) is 69.4 Å². The second-order valence-corrected chi connectivity index (χ2v) is 5.91. The molecule has 0 spiro atoms. The van der Waals surface area contributed by atoms with Crippen molar-refractivity contribution in [3.8, 4) is 5.75 Å². The summed E-state index contributed by atoms with van der Waals surface area (Å²) in [7, 11) is -3.40. The third-order valence-electron chi connectivity index (χ3n) is 2.49. The van der Waals surface area contributed by atoms with Gasteiger partial charge in [-0.1, -0.05) is 18.9 Å². The van der Waals surface area contributed by atoms with Gasteiger partial charge in [0.25, 0.3) is 0 Å². The van der Waals surface area contributed by atoms with Crippen molar-refractivity contribution in [2.24, 2.45) is 5.14 Å². The Bertz CT molecular complexity index is 485. The molecule has 0 aromatic heterocycles. The Kier molecular flexibility index (Phi) is 6.17. The molecule has 19 heavy (non-hydrogen) atoms. The van der Waals surface area contributed by atoms with Gasteiger partial charge >= 0.3 is 0 Å². The fourth-order valence-corrected chi connectivity index (χ4v) is 2.16. The van der Waals surface area contributed by atoms with Crippen molar-refractivity contribution in [1.82, 2.24) is 0 Å². The van der Waals surface area contributed by atoms with Gasteiger partial charge in [-0.05, 0) is 25.0 Å². The summed E-state index contributed by atoms with van der Waals surface area (Å²) >= 11 is 0. The van der Waals surface area contributed by atoms with Gasteiger partial charge in [-0.15, -0.1) is 0 Å². The Labute approximate surface area is 111 Å². The number of para-hydroxylation sites is 1. The summed E-state index contributed by atoms with van der Waals surface area (Å²) in [6.45, 7) is 0.188. The minimum absolute atomic E-state index is 0.0458. The summed E-state index contributed by atoms with van der Waals surface area (Å²) in [5.74, 6) is -1.87. The number of halogens is 2. The lowest BCUT2D eigenvalue weighted by molar-refractivity contribution is 0.275. The zero-order valence-corrected chi connectivity index (χ0v) is 11.3. The van der Waals surface area contributed by atoms with Gasteiger partial charge in [-0.25, -0.2) is 22.3 Å². The van der Waals surface area contributed by atoms with E-state index in [1.54, 1.807) is 0 Å². The maximum Gasteiger partial charge on any atom is 0.209 e. The number of unbranched alkanes of at least 4 members (excludes halogenated alkanes) is 3. The summed E-state index contributed by atoms with van der Waals surface area (Å²) in [5, 5.41) is 4.85. The van der Waals surface area contributed by atoms with Crippen LogP contribution in [0.4, 0.5) is 8.78 Å². The predicted molar refractivity (Wildman–Crippen MR) is 68.3 cm³/mol. The molecule has 0 aliphatic rings. The lowest BCUT2D eigenvalue weighted by Gasteiger charge is -2.07. The zero-order chi connectivity index (χ0) is 14.3. The van der Waals surface area contributed by atoms with Crippen LogP contribution in [-0.2, 0) is 10.0 Å². The second kappa shape index (κ2) is 7.40. The fourth-order valence-electron chi connectivity index (χ4n) is 1.55. The van der Waals surface area contributed by atoms with E-state index in [1.165, 1.54) is 6.07 Å². The molecule has 4 nitrogen and oxygen atoms in total. The number of benzene rings is 1. The first-order chi connectivity index (χ1) is 8.90. The fraction of sp³-hybridized carbons (Fsp3) is 0.500. The largest absolute Gasteiger partial charge is 0.488 e. The Balaban J connectivity index is 2.18. The van der Waals surface area contributed by atoms with Crippen molar-refractivity contribution in [3.63, 3.8) is 0 Å². The van der Waals surface area contributed by atoms with Gasteiger partial charge < -0.3 is 4.74 Å². The lowest BCUT2D eigenvalue weighted by Crippen LogP contribution is -2.16. The van der Waals surface area contributed by atoms with Crippen LogP contribution in [0, 0.1) is 11.6 Å². The first-order valence-corrected chi connectivity index (χ1v) is 7.69. The summed E-state index contributed by atoms with van der Waals surface area (Å²) < 4.78 is 52.7. The van der Waals surface area contributed by atoms with Crippen molar-refractivity contribution >= 4 is 10.0 Å². The molecular weight excluding hydrogens is 276 g/mol. The van der Waals surface area contributed by atoms with Crippen LogP contribution in [0.2, 0.25) is 0 Å². The van der Waals surface area contributed by atoms with Gasteiger partial charge in [0, 0.05) is 0 Å². The number of ether oxygens (including phenoxy) is 1. The molecule has 7 heteroatoms. The van der Waals surface area contributed by atoms with E-state index < -0.39 is 21.7 Å². The average Bonchev–Trinajstić information content (AvgIpc) is 2.29. The van der Waals surface area contributed by atoms with Gasteiger partial charge in [-0.3, -0.25) is 0 Å². The van der Waals surface area contributed by atoms with E-state index >= 15 is 0 Å². The van der Waals surface area contributed by atoms with Gasteiger partial charge in [0.2, 0.25) is 10.0 Å². The van der Waals surface area contributed by atoms with Gasteiger partial charge in [0.15, 0.2) is 17.4 Å². The highest BCUT2D eigenvalue weighted by Crippen LogP contribution is 2.21. The molecule has 0 atom stereocenters. The standard InChI is InChI=1S/C12H17F2NO3S/c13-10-6-5-7-11(14)12(10)18-8-3-1-2-4-9-19(15,16)17/h5-7H,1-4,8-9H2,(H2,15,16,17). The van der Waals surface area contributed by atoms with Gasteiger partial charge in [0.05, 0.1) is 12.4 Å². The van der Waals surface area contributed by atoms with Crippen molar-refractivity contribution in [2.45, 2.75) is 25.7 Å². The minimum Gasteiger partial charge on any atom is -0.488 e. The molecule has 0 bridgehead atoms. The van der Waals surface area contributed by atoms with Crippen molar-refractivity contribution < 1.29 is 21.9 Å². The van der Waals surface area contributed by atoms with E-state index in [-0.39, 0.29) is 18.1 Å². The number of nitrogens with two attached hydrogens (primary N) is 1. The smallest absolute Gasteiger partial charge is 0.209 e. The highest BCUT2D eigenvalue weighted by atomic mass is 32.2. The predicted octanol–water partition coefficient (Wildman–Crippen LogP) is 2.19. The van der Waals surface area contributed by atoms with Gasteiger partial charge in [-0.2, -0.15) is 0 Å². The van der Waals surface area contributed by atoms with Crippen LogP contribution in [0.1, 0.15) is 25.7 Å². The SMILES string of the molecule is NS(=O)(=O)CCCCCCOc1c(F)cccc1F. The molecule has 0 saturated heterocycles. The molecule has 0 aliphatic heterocycles. The normalized spacial score (nSPS) is 11.5. The molecule has 0 radical (unpaired) electrons. The molecule has 0 heterocycles. The van der Waals surface area contributed by atoms with E-state index in [0.29, 0.717) is 25.7 Å². The van der Waals surface area contributed by atoms with E-state index in [4.69, 9.17) is 9.88 Å². The molecule has 0 unspecified atom stereocenters. The highest BCUT2D eigenvalue weighted by Gasteiger charge is 2.08. The first-order valence-electron chi connectivity index (χ1n) is 5.97. The highest BCUT2D eigenvalue weighted by molar-refractivity contribution is 7.89. The maximum atomic E-state index is 13.2. The Hall–Kier alpha value is -1.21. The molecule has 1 rings (SSSR count). The van der Waals surface area contributed by atoms with Crippen LogP contribution >= 0.6 is 0 Å². The summed E-state index contributed by atoms with van der Waals surface area (Å²) in [4.78, 5) is 0. The number of hydrogen-bond donors (Lipinski definition) is 1. The van der Waals surface area contributed by atoms with Crippen molar-refractivity contribution in [1.29, 1.82) is 0 Å². The number of hydrogen-bond acceptors (Lipinski definition) is 3. The van der Waals surface area contributed by atoms with E-state index in [0.717, 1.165) is 12.1 Å².